The molecule has 0 heterocycles. The summed E-state index contributed by atoms with van der Waals surface area (Å²) in [6.45, 7) is 1.79. The molecule has 1 aliphatic rings. The highest BCUT2D eigenvalue weighted by Gasteiger charge is 2.30. The number of ketones is 2. The molecule has 3 nitrogen and oxygen atoms in total. The summed E-state index contributed by atoms with van der Waals surface area (Å²) in [5.41, 5.74) is -0.148. The molecule has 0 saturated carbocycles. The van der Waals surface area contributed by atoms with Crippen molar-refractivity contribution in [3.8, 4) is 5.75 Å². The summed E-state index contributed by atoms with van der Waals surface area (Å²) in [4.78, 5) is 23.5. The van der Waals surface area contributed by atoms with Crippen LogP contribution in [0.5, 0.6) is 5.75 Å². The molecule has 18 heavy (non-hydrogen) atoms. The molecule has 0 atom stereocenters. The van der Waals surface area contributed by atoms with E-state index in [1.54, 1.807) is 50.5 Å². The van der Waals surface area contributed by atoms with Crippen molar-refractivity contribution in [1.29, 1.82) is 0 Å². The van der Waals surface area contributed by atoms with Crippen molar-refractivity contribution in [3.05, 3.63) is 54.1 Å². The van der Waals surface area contributed by atoms with Crippen molar-refractivity contribution in [2.24, 2.45) is 5.41 Å². The first kappa shape index (κ1) is 12.3. The van der Waals surface area contributed by atoms with Crippen molar-refractivity contribution in [1.82, 2.24) is 0 Å². The number of rotatable bonds is 3. The van der Waals surface area contributed by atoms with Crippen LogP contribution < -0.4 is 4.74 Å². The minimum atomic E-state index is -0.748. The Kier molecular flexibility index (Phi) is 3.15. The number of methoxy groups -OCH3 is 1. The Balaban J connectivity index is 2.28. The SMILES string of the molecule is COc1ccc(C(=O)C2(C)C=CC(=O)C=C2)cc1. The topological polar surface area (TPSA) is 43.4 Å². The Morgan fingerprint density at radius 2 is 1.67 bits per heavy atom. The summed E-state index contributed by atoms with van der Waals surface area (Å²) in [5.74, 6) is 0.585. The highest BCUT2D eigenvalue weighted by molar-refractivity contribution is 6.08. The Bertz CT molecular complexity index is 519. The van der Waals surface area contributed by atoms with Gasteiger partial charge >= 0.3 is 0 Å². The van der Waals surface area contributed by atoms with E-state index in [9.17, 15) is 9.59 Å². The maximum atomic E-state index is 12.4. The van der Waals surface area contributed by atoms with E-state index in [1.165, 1.54) is 12.2 Å². The number of Topliss-reactive ketones (excluding diaryl/α,β-unsaturated/α-hetero) is 1. The van der Waals surface area contributed by atoms with Crippen molar-refractivity contribution < 1.29 is 14.3 Å². The van der Waals surface area contributed by atoms with Gasteiger partial charge in [-0.1, -0.05) is 12.2 Å². The van der Waals surface area contributed by atoms with E-state index in [1.807, 2.05) is 0 Å². The summed E-state index contributed by atoms with van der Waals surface area (Å²) in [6, 6.07) is 6.95. The minimum absolute atomic E-state index is 0.0369. The third-order valence-corrected chi connectivity index (χ3v) is 3.03. The molecule has 2 rings (SSSR count). The molecule has 1 aliphatic carbocycles. The summed E-state index contributed by atoms with van der Waals surface area (Å²) < 4.78 is 5.05. The van der Waals surface area contributed by atoms with Crippen LogP contribution in [0.3, 0.4) is 0 Å². The molecular weight excluding hydrogens is 228 g/mol. The fourth-order valence-corrected chi connectivity index (χ4v) is 1.83. The van der Waals surface area contributed by atoms with Crippen molar-refractivity contribution in [2.45, 2.75) is 6.92 Å². The van der Waals surface area contributed by atoms with Crippen LogP contribution in [0.15, 0.2) is 48.6 Å². The van der Waals surface area contributed by atoms with Gasteiger partial charge in [-0.05, 0) is 43.3 Å². The van der Waals surface area contributed by atoms with Gasteiger partial charge in [-0.2, -0.15) is 0 Å². The summed E-state index contributed by atoms with van der Waals surface area (Å²) in [6.07, 6.45) is 6.15. The van der Waals surface area contributed by atoms with E-state index in [0.29, 0.717) is 11.3 Å². The summed E-state index contributed by atoms with van der Waals surface area (Å²) in [7, 11) is 1.58. The van der Waals surface area contributed by atoms with Crippen LogP contribution in [-0.2, 0) is 4.79 Å². The fourth-order valence-electron chi connectivity index (χ4n) is 1.83. The molecule has 3 heteroatoms. The third-order valence-electron chi connectivity index (χ3n) is 3.03. The van der Waals surface area contributed by atoms with Gasteiger partial charge in [-0.3, -0.25) is 9.59 Å². The lowest BCUT2D eigenvalue weighted by Gasteiger charge is -2.22. The minimum Gasteiger partial charge on any atom is -0.497 e. The third kappa shape index (κ3) is 2.25. The maximum absolute atomic E-state index is 12.4. The lowest BCUT2D eigenvalue weighted by atomic mass is 9.79. The number of carbonyl (C=O) groups is 2. The number of ether oxygens (including phenoxy) is 1. The van der Waals surface area contributed by atoms with E-state index in [4.69, 9.17) is 4.74 Å². The lowest BCUT2D eigenvalue weighted by Crippen LogP contribution is -2.25. The highest BCUT2D eigenvalue weighted by Crippen LogP contribution is 2.29. The number of hydrogen-bond acceptors (Lipinski definition) is 3. The predicted molar refractivity (Wildman–Crippen MR) is 68.7 cm³/mol. The number of hydrogen-bond donors (Lipinski definition) is 0. The molecule has 0 amide bonds. The second kappa shape index (κ2) is 4.61. The molecule has 0 fully saturated rings. The van der Waals surface area contributed by atoms with Crippen molar-refractivity contribution in [2.75, 3.05) is 7.11 Å². The van der Waals surface area contributed by atoms with Crippen LogP contribution in [0.1, 0.15) is 17.3 Å². The Hall–Kier alpha value is -2.16. The average Bonchev–Trinajstić information content (AvgIpc) is 2.41. The second-order valence-corrected chi connectivity index (χ2v) is 4.41. The molecule has 0 saturated heterocycles. The Morgan fingerprint density at radius 3 is 2.17 bits per heavy atom. The van der Waals surface area contributed by atoms with Crippen LogP contribution in [0.25, 0.3) is 0 Å². The van der Waals surface area contributed by atoms with Gasteiger partial charge in [-0.15, -0.1) is 0 Å². The molecule has 1 aromatic carbocycles. The van der Waals surface area contributed by atoms with E-state index >= 15 is 0 Å². The molecule has 0 spiro atoms. The molecule has 0 aliphatic heterocycles. The largest absolute Gasteiger partial charge is 0.497 e. The molecule has 92 valence electrons. The second-order valence-electron chi connectivity index (χ2n) is 4.41. The molecule has 0 unspecified atom stereocenters. The van der Waals surface area contributed by atoms with Crippen LogP contribution in [-0.4, -0.2) is 18.7 Å². The zero-order valence-electron chi connectivity index (χ0n) is 10.3. The van der Waals surface area contributed by atoms with Gasteiger partial charge < -0.3 is 4.74 Å². The predicted octanol–water partition coefficient (Wildman–Crippen LogP) is 2.58. The normalized spacial score (nSPS) is 16.7. The number of carbonyl (C=O) groups excluding carboxylic acids is 2. The van der Waals surface area contributed by atoms with Crippen LogP contribution in [0, 0.1) is 5.41 Å². The van der Waals surface area contributed by atoms with Crippen molar-refractivity contribution >= 4 is 11.6 Å². The van der Waals surface area contributed by atoms with Gasteiger partial charge in [-0.25, -0.2) is 0 Å². The van der Waals surface area contributed by atoms with E-state index in [2.05, 4.69) is 0 Å². The quantitative estimate of drug-likeness (QED) is 0.765. The van der Waals surface area contributed by atoms with Gasteiger partial charge in [0.05, 0.1) is 12.5 Å². The smallest absolute Gasteiger partial charge is 0.178 e. The van der Waals surface area contributed by atoms with E-state index in [-0.39, 0.29) is 11.6 Å². The Labute approximate surface area is 106 Å². The summed E-state index contributed by atoms with van der Waals surface area (Å²) in [5, 5.41) is 0. The molecule has 0 N–H and O–H groups in total. The van der Waals surface area contributed by atoms with Crippen LogP contribution in [0.2, 0.25) is 0 Å². The molecule has 0 radical (unpaired) electrons. The summed E-state index contributed by atoms with van der Waals surface area (Å²) >= 11 is 0. The molecule has 0 bridgehead atoms. The van der Waals surface area contributed by atoms with Crippen LogP contribution >= 0.6 is 0 Å². The number of benzene rings is 1. The average molecular weight is 242 g/mol. The monoisotopic (exact) mass is 242 g/mol. The fraction of sp³-hybridized carbons (Fsp3) is 0.200. The molecular formula is C15H14O3. The molecule has 0 aromatic heterocycles. The zero-order valence-corrected chi connectivity index (χ0v) is 10.3. The van der Waals surface area contributed by atoms with Gasteiger partial charge in [0.1, 0.15) is 5.75 Å². The zero-order chi connectivity index (χ0) is 13.2. The number of allylic oxidation sites excluding steroid dienone is 4. The van der Waals surface area contributed by atoms with E-state index in [0.717, 1.165) is 0 Å². The first-order chi connectivity index (χ1) is 8.55. The maximum Gasteiger partial charge on any atom is 0.178 e. The first-order valence-corrected chi connectivity index (χ1v) is 5.66. The van der Waals surface area contributed by atoms with Gasteiger partial charge in [0.2, 0.25) is 0 Å². The first-order valence-electron chi connectivity index (χ1n) is 5.66. The van der Waals surface area contributed by atoms with E-state index < -0.39 is 5.41 Å². The van der Waals surface area contributed by atoms with Crippen LogP contribution in [0.4, 0.5) is 0 Å². The molecule has 1 aromatic rings. The Morgan fingerprint density at radius 1 is 1.11 bits per heavy atom. The van der Waals surface area contributed by atoms with Gasteiger partial charge in [0.15, 0.2) is 11.6 Å². The standard InChI is InChI=1S/C15H14O3/c1-15(9-7-12(16)8-10-15)14(17)11-3-5-13(18-2)6-4-11/h3-10H,1-2H3. The lowest BCUT2D eigenvalue weighted by molar-refractivity contribution is -0.110. The van der Waals surface area contributed by atoms with Gasteiger partial charge in [0.25, 0.3) is 0 Å². The van der Waals surface area contributed by atoms with Crippen molar-refractivity contribution in [3.63, 3.8) is 0 Å². The van der Waals surface area contributed by atoms with Gasteiger partial charge in [0, 0.05) is 5.56 Å². The highest BCUT2D eigenvalue weighted by atomic mass is 16.5.